The first-order valence-corrected chi connectivity index (χ1v) is 19.0. The number of carbonyl (C=O) groups is 2. The van der Waals surface area contributed by atoms with E-state index in [-0.39, 0.29) is 65.3 Å². The van der Waals surface area contributed by atoms with Crippen molar-refractivity contribution in [2.75, 3.05) is 19.7 Å². The Balaban J connectivity index is 1.25. The minimum atomic E-state index is -0.538. The summed E-state index contributed by atoms with van der Waals surface area (Å²) < 4.78 is 26.4. The second-order valence-corrected chi connectivity index (χ2v) is 15.5. The number of halogens is 3. The summed E-state index contributed by atoms with van der Waals surface area (Å²) in [7, 11) is 0. The van der Waals surface area contributed by atoms with Gasteiger partial charge in [-0.25, -0.2) is 18.9 Å². The van der Waals surface area contributed by atoms with Crippen LogP contribution in [0, 0.1) is 35.9 Å². The van der Waals surface area contributed by atoms with E-state index in [4.69, 9.17) is 32.9 Å². The summed E-state index contributed by atoms with van der Waals surface area (Å²) in [6.07, 6.45) is 5.41. The highest BCUT2D eigenvalue weighted by Gasteiger charge is 2.51. The van der Waals surface area contributed by atoms with Crippen LogP contribution in [0.1, 0.15) is 84.6 Å². The lowest BCUT2D eigenvalue weighted by molar-refractivity contribution is -0.133. The molecule has 0 unspecified atom stereocenters. The molecule has 5 aliphatic rings. The van der Waals surface area contributed by atoms with Crippen LogP contribution < -0.4 is 5.32 Å². The predicted molar refractivity (Wildman–Crippen MR) is 197 cm³/mol. The summed E-state index contributed by atoms with van der Waals surface area (Å²) in [5.74, 6) is -0.577. The van der Waals surface area contributed by atoms with Gasteiger partial charge in [0.05, 0.1) is 52.6 Å². The Labute approximate surface area is 315 Å². The van der Waals surface area contributed by atoms with E-state index in [1.54, 1.807) is 36.0 Å². The molecule has 2 saturated carbocycles. The van der Waals surface area contributed by atoms with Crippen molar-refractivity contribution in [2.24, 2.45) is 11.8 Å². The number of benzene rings is 2. The molecule has 10 rings (SSSR count). The van der Waals surface area contributed by atoms with Gasteiger partial charge in [0.25, 0.3) is 0 Å². The van der Waals surface area contributed by atoms with Crippen LogP contribution in [0.15, 0.2) is 36.5 Å². The molecule has 1 N–H and O–H groups in total. The number of nitrogens with one attached hydrogen (secondary N) is 1. The Morgan fingerprint density at radius 2 is 2.00 bits per heavy atom. The number of esters is 1. The monoisotopic (exact) mass is 754 g/mol. The Morgan fingerprint density at radius 1 is 1.17 bits per heavy atom. The van der Waals surface area contributed by atoms with Crippen molar-refractivity contribution in [2.45, 2.75) is 76.5 Å². The van der Waals surface area contributed by atoms with E-state index in [1.807, 2.05) is 17.9 Å². The van der Waals surface area contributed by atoms with Crippen LogP contribution in [0.2, 0.25) is 10.0 Å². The number of aromatic nitrogens is 5. The number of likely N-dealkylation sites (tertiary alicyclic amines) is 1. The van der Waals surface area contributed by atoms with Gasteiger partial charge in [-0.3, -0.25) is 4.79 Å². The van der Waals surface area contributed by atoms with Crippen molar-refractivity contribution >= 4 is 56.9 Å². The lowest BCUT2D eigenvalue weighted by Gasteiger charge is -2.39. The topological polar surface area (TPSA) is 131 Å². The summed E-state index contributed by atoms with van der Waals surface area (Å²) >= 11 is 13.1. The van der Waals surface area contributed by atoms with Gasteiger partial charge in [-0.2, -0.15) is 5.26 Å². The molecular formula is C39H37Cl2FN8O3. The summed E-state index contributed by atoms with van der Waals surface area (Å²) in [6.45, 7) is 5.16. The number of aryl methyl sites for hydroxylation is 2. The third-order valence-electron chi connectivity index (χ3n) is 11.6. The quantitative estimate of drug-likeness (QED) is 0.155. The van der Waals surface area contributed by atoms with Crippen molar-refractivity contribution in [1.29, 1.82) is 5.26 Å². The van der Waals surface area contributed by atoms with Crippen molar-refractivity contribution in [3.8, 4) is 17.2 Å². The number of hydrogen-bond acceptors (Lipinski definition) is 8. The van der Waals surface area contributed by atoms with Crippen LogP contribution in [0.25, 0.3) is 32.9 Å². The maximum Gasteiger partial charge on any atom is 0.360 e. The maximum absolute atomic E-state index is 17.2. The van der Waals surface area contributed by atoms with Crippen LogP contribution in [0.5, 0.6) is 0 Å². The molecule has 3 aromatic heterocycles. The van der Waals surface area contributed by atoms with Crippen molar-refractivity contribution in [3.63, 3.8) is 0 Å². The van der Waals surface area contributed by atoms with E-state index in [0.29, 0.717) is 58.1 Å². The number of hydrogen-bond donors (Lipinski definition) is 1. The highest BCUT2D eigenvalue weighted by molar-refractivity contribution is 6.43. The second kappa shape index (κ2) is 13.1. The molecule has 5 aromatic rings. The molecule has 14 heteroatoms. The minimum absolute atomic E-state index is 0.0146. The van der Waals surface area contributed by atoms with E-state index in [1.165, 1.54) is 0 Å². The molecule has 6 heterocycles. The van der Waals surface area contributed by atoms with Crippen molar-refractivity contribution < 1.29 is 18.7 Å². The molecule has 53 heavy (non-hydrogen) atoms. The van der Waals surface area contributed by atoms with Crippen molar-refractivity contribution in [1.82, 2.24) is 34.8 Å². The van der Waals surface area contributed by atoms with Gasteiger partial charge in [-0.1, -0.05) is 40.5 Å². The largest absolute Gasteiger partial charge is 0.461 e. The Morgan fingerprint density at radius 3 is 2.72 bits per heavy atom. The molecule has 3 saturated heterocycles. The molecule has 1 amide bonds. The van der Waals surface area contributed by atoms with Gasteiger partial charge in [0.2, 0.25) is 5.91 Å². The summed E-state index contributed by atoms with van der Waals surface area (Å²) in [6, 6.07) is 11.3. The fraction of sp³-hybridized carbons (Fsp3) is 0.436. The molecule has 0 radical (unpaired) electrons. The number of rotatable bonds is 9. The predicted octanol–water partition coefficient (Wildman–Crippen LogP) is 7.29. The fourth-order valence-electron chi connectivity index (χ4n) is 8.95. The zero-order chi connectivity index (χ0) is 36.7. The zero-order valence-electron chi connectivity index (χ0n) is 29.3. The molecular weight excluding hydrogens is 718 g/mol. The van der Waals surface area contributed by atoms with Gasteiger partial charge in [0.1, 0.15) is 5.52 Å². The van der Waals surface area contributed by atoms with Crippen LogP contribution in [0.4, 0.5) is 4.39 Å². The lowest BCUT2D eigenvalue weighted by atomic mass is 9.79. The molecule has 5 atom stereocenters. The normalized spacial score (nSPS) is 23.5. The zero-order valence-corrected chi connectivity index (χ0v) is 30.8. The third kappa shape index (κ3) is 5.50. The van der Waals surface area contributed by atoms with Crippen LogP contribution in [-0.2, 0) is 16.0 Å². The average Bonchev–Trinajstić information content (AvgIpc) is 3.64. The van der Waals surface area contributed by atoms with E-state index >= 15 is 4.39 Å². The third-order valence-corrected chi connectivity index (χ3v) is 12.5. The van der Waals surface area contributed by atoms with Crippen LogP contribution in [0.3, 0.4) is 0 Å². The van der Waals surface area contributed by atoms with Gasteiger partial charge in [0, 0.05) is 64.8 Å². The van der Waals surface area contributed by atoms with Crippen molar-refractivity contribution in [3.05, 3.63) is 75.0 Å². The molecule has 5 fully saturated rings. The van der Waals surface area contributed by atoms with E-state index in [2.05, 4.69) is 32.3 Å². The number of ether oxygens (including phenoxy) is 1. The first-order valence-electron chi connectivity index (χ1n) is 18.3. The molecule has 11 nitrogen and oxygen atoms in total. The highest BCUT2D eigenvalue weighted by atomic mass is 35.5. The molecule has 2 aromatic carbocycles. The fourth-order valence-corrected chi connectivity index (χ4v) is 9.34. The number of carbonyl (C=O) groups excluding carboxylic acids is 2. The first-order chi connectivity index (χ1) is 25.7. The molecule has 0 spiro atoms. The number of nitriles is 1. The summed E-state index contributed by atoms with van der Waals surface area (Å²) in [4.78, 5) is 33.4. The van der Waals surface area contributed by atoms with Crippen LogP contribution in [-0.4, -0.2) is 67.1 Å². The van der Waals surface area contributed by atoms with Gasteiger partial charge in [0.15, 0.2) is 11.5 Å². The smallest absolute Gasteiger partial charge is 0.360 e. The van der Waals surface area contributed by atoms with Crippen LogP contribution >= 0.6 is 23.2 Å². The first kappa shape index (κ1) is 34.2. The SMILES string of the molecule is CCOC(=O)c1cn([C@H]2C[C@H](c3cc4c(C)nc5c(F)c(-c6cccc(Cl)c6Cl)c(CCC#N)cc5c4n3[C@H]3[C@H]4CN[C@@H]3C4)N(C(=O)C3CC3)C2)nn1. The van der Waals surface area contributed by atoms with Gasteiger partial charge >= 0.3 is 5.97 Å². The number of amides is 1. The average molecular weight is 756 g/mol. The Kier molecular flexibility index (Phi) is 8.44. The number of nitrogens with zero attached hydrogens (tertiary/aromatic N) is 7. The lowest BCUT2D eigenvalue weighted by Crippen LogP contribution is -2.41. The maximum atomic E-state index is 17.2. The second-order valence-electron chi connectivity index (χ2n) is 14.8. The standard InChI is InChI=1S/C39H37Cl2FN8O3/c1-3-53-39(52)29-18-49(47-46-29)23-14-30(48(17-23)38(51)20-9-10-20)31-15-25-19(2)45-35-26(37(25)50(31)36-22-13-28(36)44-16-22)12-21(6-5-11-43)32(34(35)42)24-7-4-8-27(40)33(24)41/h4,7-8,12,15,18,20,22-23,28,30,36,44H,3,5-6,9-10,13-14,16-17H2,1-2H3/t22-,23+,28-,30-,36+/m1/s1. The molecule has 3 aliphatic heterocycles. The number of fused-ring (bicyclic) bond motifs is 4. The van der Waals surface area contributed by atoms with E-state index < -0.39 is 11.8 Å². The minimum Gasteiger partial charge on any atom is -0.461 e. The van der Waals surface area contributed by atoms with Gasteiger partial charge in [-0.05, 0) is 75.6 Å². The van der Waals surface area contributed by atoms with E-state index in [9.17, 15) is 14.9 Å². The van der Waals surface area contributed by atoms with Gasteiger partial charge < -0.3 is 19.5 Å². The molecule has 2 bridgehead atoms. The highest BCUT2D eigenvalue weighted by Crippen LogP contribution is 2.52. The van der Waals surface area contributed by atoms with Gasteiger partial charge in [-0.15, -0.1) is 5.10 Å². The summed E-state index contributed by atoms with van der Waals surface area (Å²) in [5.41, 5.74) is 4.26. The van der Waals surface area contributed by atoms with E-state index in [0.717, 1.165) is 42.4 Å². The Bertz CT molecular complexity index is 2370. The molecule has 272 valence electrons. The number of pyridine rings is 1. The molecule has 2 aliphatic carbocycles. The Hall–Kier alpha value is -4.57. The summed E-state index contributed by atoms with van der Waals surface area (Å²) in [5, 5.41) is 23.8.